The van der Waals surface area contributed by atoms with Gasteiger partial charge in [0, 0.05) is 17.0 Å². The van der Waals surface area contributed by atoms with Crippen molar-refractivity contribution in [3.8, 4) is 0 Å². The van der Waals surface area contributed by atoms with Crippen LogP contribution in [0.2, 0.25) is 0 Å². The molecule has 0 aliphatic heterocycles. The third kappa shape index (κ3) is 3.27. The van der Waals surface area contributed by atoms with E-state index in [1.165, 1.54) is 25.3 Å². The number of fused-ring (bicyclic) bond motifs is 1. The number of aromatic nitrogens is 3. The molecule has 1 saturated carbocycles. The van der Waals surface area contributed by atoms with Gasteiger partial charge in [0.05, 0.1) is 28.7 Å². The van der Waals surface area contributed by atoms with Crippen molar-refractivity contribution in [3.63, 3.8) is 0 Å². The first-order valence-electron chi connectivity index (χ1n) is 9.53. The lowest BCUT2D eigenvalue weighted by molar-refractivity contribution is 0.102. The van der Waals surface area contributed by atoms with E-state index in [1.807, 2.05) is 32.0 Å². The predicted molar refractivity (Wildman–Crippen MR) is 106 cm³/mol. The van der Waals surface area contributed by atoms with Crippen molar-refractivity contribution in [3.05, 3.63) is 57.6 Å². The quantitative estimate of drug-likeness (QED) is 0.734. The van der Waals surface area contributed by atoms with Crippen LogP contribution in [-0.2, 0) is 0 Å². The van der Waals surface area contributed by atoms with Gasteiger partial charge in [-0.25, -0.2) is 0 Å². The van der Waals surface area contributed by atoms with Crippen LogP contribution in [0.25, 0.3) is 10.9 Å². The molecule has 3 aromatic rings. The second-order valence-corrected chi connectivity index (χ2v) is 7.33. The van der Waals surface area contributed by atoms with Crippen LogP contribution in [0, 0.1) is 13.8 Å². The maximum absolute atomic E-state index is 13.0. The highest BCUT2D eigenvalue weighted by Gasteiger charge is 2.22. The minimum absolute atomic E-state index is 0.285. The van der Waals surface area contributed by atoms with E-state index >= 15 is 0 Å². The third-order valence-corrected chi connectivity index (χ3v) is 5.48. The molecule has 2 aromatic heterocycles. The summed E-state index contributed by atoms with van der Waals surface area (Å²) in [5.74, 6) is -0.285. The minimum atomic E-state index is -0.287. The molecule has 0 bridgehead atoms. The summed E-state index contributed by atoms with van der Waals surface area (Å²) in [6.07, 6.45) is 6.00. The van der Waals surface area contributed by atoms with E-state index in [9.17, 15) is 9.59 Å². The van der Waals surface area contributed by atoms with E-state index in [0.717, 1.165) is 35.3 Å². The smallest absolute Gasteiger partial charge is 0.256 e. The Morgan fingerprint density at radius 1 is 1.19 bits per heavy atom. The molecule has 0 atom stereocenters. The largest absolute Gasteiger partial charge is 0.322 e. The molecule has 1 aliphatic rings. The fourth-order valence-electron chi connectivity index (χ4n) is 4.10. The van der Waals surface area contributed by atoms with E-state index in [4.69, 9.17) is 5.10 Å². The van der Waals surface area contributed by atoms with Gasteiger partial charge < -0.3 is 10.3 Å². The number of carbonyl (C=O) groups is 1. The molecule has 0 saturated heterocycles. The van der Waals surface area contributed by atoms with Gasteiger partial charge in [-0.2, -0.15) is 5.10 Å². The second kappa shape index (κ2) is 7.02. The maximum Gasteiger partial charge on any atom is 0.256 e. The molecule has 0 radical (unpaired) electrons. The molecule has 1 amide bonds. The van der Waals surface area contributed by atoms with Gasteiger partial charge in [-0.05, 0) is 32.8 Å². The van der Waals surface area contributed by atoms with Crippen LogP contribution in [-0.4, -0.2) is 20.7 Å². The van der Waals surface area contributed by atoms with E-state index in [0.29, 0.717) is 17.1 Å². The number of anilines is 1. The van der Waals surface area contributed by atoms with Crippen molar-refractivity contribution >= 4 is 22.5 Å². The molecule has 2 heterocycles. The number of amides is 1. The molecule has 1 aliphatic carbocycles. The first-order chi connectivity index (χ1) is 13.0. The summed E-state index contributed by atoms with van der Waals surface area (Å²) in [6.45, 7) is 3.91. The summed E-state index contributed by atoms with van der Waals surface area (Å²) in [5, 5.41) is 8.42. The van der Waals surface area contributed by atoms with E-state index < -0.39 is 0 Å². The van der Waals surface area contributed by atoms with Crippen LogP contribution in [0.3, 0.4) is 0 Å². The van der Waals surface area contributed by atoms with Crippen molar-refractivity contribution in [2.24, 2.45) is 0 Å². The Hall–Kier alpha value is -2.89. The highest BCUT2D eigenvalue weighted by molar-refractivity contribution is 6.12. The molecule has 4 rings (SSSR count). The fraction of sp³-hybridized carbons (Fsp3) is 0.381. The molecule has 0 unspecified atom stereocenters. The number of rotatable bonds is 3. The Morgan fingerprint density at radius 2 is 1.93 bits per heavy atom. The van der Waals surface area contributed by atoms with Gasteiger partial charge in [-0.3, -0.25) is 14.3 Å². The standard InChI is InChI=1S/C21H24N4O2/c1-13-20(14(2)25(24-13)15-8-4-3-5-9-15)23-21(27)17-12-19(26)22-18-11-7-6-10-16(17)18/h6-7,10-12,15H,3-5,8-9H2,1-2H3,(H,22,26)(H,23,27). The molecule has 27 heavy (non-hydrogen) atoms. The molecule has 6 heteroatoms. The zero-order valence-corrected chi connectivity index (χ0v) is 15.7. The lowest BCUT2D eigenvalue weighted by atomic mass is 9.95. The molecular formula is C21H24N4O2. The molecule has 0 spiro atoms. The highest BCUT2D eigenvalue weighted by Crippen LogP contribution is 2.32. The number of pyridine rings is 1. The second-order valence-electron chi connectivity index (χ2n) is 7.33. The third-order valence-electron chi connectivity index (χ3n) is 5.48. The molecule has 140 valence electrons. The molecule has 2 N–H and O–H groups in total. The molecule has 1 fully saturated rings. The van der Waals surface area contributed by atoms with Crippen LogP contribution < -0.4 is 10.9 Å². The zero-order chi connectivity index (χ0) is 19.0. The van der Waals surface area contributed by atoms with Crippen LogP contribution in [0.15, 0.2) is 35.1 Å². The number of para-hydroxylation sites is 1. The Morgan fingerprint density at radius 3 is 2.70 bits per heavy atom. The minimum Gasteiger partial charge on any atom is -0.322 e. The van der Waals surface area contributed by atoms with Gasteiger partial charge in [0.2, 0.25) is 5.56 Å². The number of hydrogen-bond donors (Lipinski definition) is 2. The average molecular weight is 364 g/mol. The van der Waals surface area contributed by atoms with Crippen LogP contribution in [0.1, 0.15) is 59.9 Å². The average Bonchev–Trinajstić information content (AvgIpc) is 2.96. The maximum atomic E-state index is 13.0. The number of carbonyl (C=O) groups excluding carboxylic acids is 1. The number of aryl methyl sites for hydroxylation is 1. The summed E-state index contributed by atoms with van der Waals surface area (Å²) in [4.78, 5) is 27.7. The van der Waals surface area contributed by atoms with E-state index in [1.54, 1.807) is 6.07 Å². The first kappa shape index (κ1) is 17.5. The molecule has 1 aromatic carbocycles. The SMILES string of the molecule is Cc1nn(C2CCCCC2)c(C)c1NC(=O)c1cc(=O)[nH]c2ccccc12. The van der Waals surface area contributed by atoms with Gasteiger partial charge in [0.15, 0.2) is 0 Å². The fourth-order valence-corrected chi connectivity index (χ4v) is 4.10. The zero-order valence-electron chi connectivity index (χ0n) is 15.7. The first-order valence-corrected chi connectivity index (χ1v) is 9.53. The van der Waals surface area contributed by atoms with E-state index in [-0.39, 0.29) is 11.5 Å². The number of nitrogens with one attached hydrogen (secondary N) is 2. The molecular weight excluding hydrogens is 340 g/mol. The van der Waals surface area contributed by atoms with Gasteiger partial charge in [0.1, 0.15) is 0 Å². The number of H-pyrrole nitrogens is 1. The van der Waals surface area contributed by atoms with Crippen LogP contribution >= 0.6 is 0 Å². The number of hydrogen-bond acceptors (Lipinski definition) is 3. The predicted octanol–water partition coefficient (Wildman–Crippen LogP) is 4.10. The Kier molecular flexibility index (Phi) is 4.56. The van der Waals surface area contributed by atoms with Gasteiger partial charge in [0.25, 0.3) is 5.91 Å². The summed E-state index contributed by atoms with van der Waals surface area (Å²) in [6, 6.07) is 9.09. The lowest BCUT2D eigenvalue weighted by Crippen LogP contribution is -2.18. The van der Waals surface area contributed by atoms with Crippen LogP contribution in [0.5, 0.6) is 0 Å². The Labute approximate surface area is 157 Å². The summed E-state index contributed by atoms with van der Waals surface area (Å²) in [7, 11) is 0. The van der Waals surface area contributed by atoms with Gasteiger partial charge in [-0.15, -0.1) is 0 Å². The van der Waals surface area contributed by atoms with Crippen molar-refractivity contribution in [2.75, 3.05) is 5.32 Å². The summed E-state index contributed by atoms with van der Waals surface area (Å²) >= 11 is 0. The van der Waals surface area contributed by atoms with Crippen molar-refractivity contribution < 1.29 is 4.79 Å². The highest BCUT2D eigenvalue weighted by atomic mass is 16.2. The Balaban J connectivity index is 1.68. The number of benzene rings is 1. The van der Waals surface area contributed by atoms with Gasteiger partial charge >= 0.3 is 0 Å². The van der Waals surface area contributed by atoms with Crippen molar-refractivity contribution in [1.29, 1.82) is 0 Å². The van der Waals surface area contributed by atoms with Crippen molar-refractivity contribution in [1.82, 2.24) is 14.8 Å². The normalized spacial score (nSPS) is 15.2. The molecule has 6 nitrogen and oxygen atoms in total. The topological polar surface area (TPSA) is 79.8 Å². The number of aromatic amines is 1. The van der Waals surface area contributed by atoms with Crippen molar-refractivity contribution in [2.45, 2.75) is 52.0 Å². The monoisotopic (exact) mass is 364 g/mol. The number of nitrogens with zero attached hydrogens (tertiary/aromatic N) is 2. The summed E-state index contributed by atoms with van der Waals surface area (Å²) < 4.78 is 2.07. The van der Waals surface area contributed by atoms with E-state index in [2.05, 4.69) is 15.0 Å². The van der Waals surface area contributed by atoms with Crippen LogP contribution in [0.4, 0.5) is 5.69 Å². The van der Waals surface area contributed by atoms with Gasteiger partial charge in [-0.1, -0.05) is 37.5 Å². The summed E-state index contributed by atoms with van der Waals surface area (Å²) in [5.41, 5.74) is 3.27. The Bertz CT molecular complexity index is 1060. The lowest BCUT2D eigenvalue weighted by Gasteiger charge is -2.23.